The lowest BCUT2D eigenvalue weighted by Gasteiger charge is -2.16. The first-order valence-electron chi connectivity index (χ1n) is 9.65. The van der Waals surface area contributed by atoms with E-state index in [0.717, 1.165) is 4.57 Å². The zero-order valence-electron chi connectivity index (χ0n) is 17.3. The maximum Gasteiger partial charge on any atom is 0.271 e. The van der Waals surface area contributed by atoms with E-state index in [-0.39, 0.29) is 34.9 Å². The Bertz CT molecular complexity index is 1220. The first-order valence-corrected chi connectivity index (χ1v) is 9.65. The van der Waals surface area contributed by atoms with Gasteiger partial charge in [-0.3, -0.25) is 14.2 Å². The molecule has 0 bridgehead atoms. The molecule has 0 amide bonds. The molecule has 0 atom stereocenters. The number of nitriles is 1. The van der Waals surface area contributed by atoms with Crippen LogP contribution in [0.5, 0.6) is 11.6 Å². The van der Waals surface area contributed by atoms with Gasteiger partial charge in [-0.15, -0.1) is 0 Å². The first kappa shape index (κ1) is 21.8. The molecule has 0 radical (unpaired) electrons. The van der Waals surface area contributed by atoms with Crippen LogP contribution in [0.1, 0.15) is 46.5 Å². The largest absolute Gasteiger partial charge is 0.494 e. The highest BCUT2D eigenvalue weighted by Gasteiger charge is 2.25. The van der Waals surface area contributed by atoms with E-state index in [9.17, 15) is 24.3 Å². The van der Waals surface area contributed by atoms with Crippen LogP contribution >= 0.6 is 0 Å². The number of ether oxygens (including phenoxy) is 1. The van der Waals surface area contributed by atoms with Gasteiger partial charge in [0.25, 0.3) is 5.56 Å². The third-order valence-corrected chi connectivity index (χ3v) is 4.77. The summed E-state index contributed by atoms with van der Waals surface area (Å²) in [6, 6.07) is 13.6. The smallest absolute Gasteiger partial charge is 0.271 e. The molecule has 3 aromatic rings. The van der Waals surface area contributed by atoms with Gasteiger partial charge in [0.05, 0.1) is 18.2 Å². The van der Waals surface area contributed by atoms with Gasteiger partial charge in [0.2, 0.25) is 5.88 Å². The van der Waals surface area contributed by atoms with Crippen LogP contribution in [0.3, 0.4) is 0 Å². The lowest BCUT2D eigenvalue weighted by molar-refractivity contribution is 0.103. The normalized spacial score (nSPS) is 10.7. The second-order valence-electron chi connectivity index (χ2n) is 7.35. The summed E-state index contributed by atoms with van der Waals surface area (Å²) in [4.78, 5) is 25.9. The highest BCUT2D eigenvalue weighted by Crippen LogP contribution is 2.26. The summed E-state index contributed by atoms with van der Waals surface area (Å²) in [5, 5.41) is 20.3. The number of carbonyl (C=O) groups is 1. The standard InChI is InChI=1S/C24H21FN2O4/c1-14(2)31-19-10-6-17(7-11-19)22(28)21-15(3)20(12-26)23(29)27(24(21)30)13-16-4-8-18(25)9-5-16/h4-11,14,30H,13H2,1-3H3. The van der Waals surface area contributed by atoms with Gasteiger partial charge in [0.15, 0.2) is 5.78 Å². The molecule has 0 spiro atoms. The molecule has 158 valence electrons. The topological polar surface area (TPSA) is 92.3 Å². The van der Waals surface area contributed by atoms with Crippen LogP contribution < -0.4 is 10.3 Å². The maximum atomic E-state index is 13.2. The molecule has 7 heteroatoms. The number of rotatable bonds is 6. The van der Waals surface area contributed by atoms with Crippen LogP contribution in [0.25, 0.3) is 0 Å². The average molecular weight is 420 g/mol. The number of halogens is 1. The van der Waals surface area contributed by atoms with E-state index in [1.165, 1.54) is 31.2 Å². The molecule has 6 nitrogen and oxygen atoms in total. The van der Waals surface area contributed by atoms with Gasteiger partial charge in [-0.1, -0.05) is 12.1 Å². The molecular weight excluding hydrogens is 399 g/mol. The monoisotopic (exact) mass is 420 g/mol. The molecule has 0 fully saturated rings. The minimum Gasteiger partial charge on any atom is -0.494 e. The Balaban J connectivity index is 2.09. The van der Waals surface area contributed by atoms with Crippen molar-refractivity contribution in [2.45, 2.75) is 33.4 Å². The zero-order valence-corrected chi connectivity index (χ0v) is 17.3. The van der Waals surface area contributed by atoms with Crippen LogP contribution in [0.4, 0.5) is 4.39 Å². The predicted octanol–water partition coefficient (Wildman–Crippen LogP) is 3.94. The molecule has 31 heavy (non-hydrogen) atoms. The molecule has 0 aliphatic carbocycles. The molecular formula is C24H21FN2O4. The van der Waals surface area contributed by atoms with Crippen molar-refractivity contribution in [1.29, 1.82) is 5.26 Å². The van der Waals surface area contributed by atoms with Crippen LogP contribution in [0, 0.1) is 24.1 Å². The van der Waals surface area contributed by atoms with Crippen LogP contribution in [-0.4, -0.2) is 21.6 Å². The summed E-state index contributed by atoms with van der Waals surface area (Å²) in [6.45, 7) is 5.09. The zero-order chi connectivity index (χ0) is 22.7. The second-order valence-corrected chi connectivity index (χ2v) is 7.35. The number of aromatic nitrogens is 1. The Morgan fingerprint density at radius 3 is 2.32 bits per heavy atom. The molecule has 3 rings (SSSR count). The highest BCUT2D eigenvalue weighted by molar-refractivity contribution is 6.11. The van der Waals surface area contributed by atoms with Gasteiger partial charge in [0, 0.05) is 5.56 Å². The molecule has 2 aromatic carbocycles. The van der Waals surface area contributed by atoms with Crippen molar-refractivity contribution in [2.24, 2.45) is 0 Å². The van der Waals surface area contributed by atoms with Crippen LogP contribution in [0.15, 0.2) is 53.3 Å². The highest BCUT2D eigenvalue weighted by atomic mass is 19.1. The third kappa shape index (κ3) is 4.48. The minimum absolute atomic E-state index is 0.0268. The molecule has 0 aliphatic heterocycles. The lowest BCUT2D eigenvalue weighted by Crippen LogP contribution is -2.27. The average Bonchev–Trinajstić information content (AvgIpc) is 2.73. The van der Waals surface area contributed by atoms with Crippen molar-refractivity contribution in [3.63, 3.8) is 0 Å². The van der Waals surface area contributed by atoms with Crippen molar-refractivity contribution >= 4 is 5.78 Å². The lowest BCUT2D eigenvalue weighted by atomic mass is 9.97. The molecule has 0 saturated carbocycles. The van der Waals surface area contributed by atoms with Crippen LogP contribution in [0.2, 0.25) is 0 Å². The number of hydrogen-bond donors (Lipinski definition) is 1. The number of hydrogen-bond acceptors (Lipinski definition) is 5. The molecule has 1 aromatic heterocycles. The Morgan fingerprint density at radius 2 is 1.77 bits per heavy atom. The Hall–Kier alpha value is -3.92. The second kappa shape index (κ2) is 8.84. The summed E-state index contributed by atoms with van der Waals surface area (Å²) in [5.41, 5.74) is -0.184. The van der Waals surface area contributed by atoms with Gasteiger partial charge in [-0.25, -0.2) is 4.39 Å². The van der Waals surface area contributed by atoms with Gasteiger partial charge < -0.3 is 9.84 Å². The van der Waals surface area contributed by atoms with Gasteiger partial charge in [0.1, 0.15) is 23.2 Å². The van der Waals surface area contributed by atoms with Gasteiger partial charge in [-0.05, 0) is 68.3 Å². The van der Waals surface area contributed by atoms with Crippen molar-refractivity contribution in [3.8, 4) is 17.7 Å². The molecule has 0 saturated heterocycles. The number of nitrogens with zero attached hydrogens (tertiary/aromatic N) is 2. The fourth-order valence-electron chi connectivity index (χ4n) is 3.24. The summed E-state index contributed by atoms with van der Waals surface area (Å²) in [7, 11) is 0. The van der Waals surface area contributed by atoms with Crippen LogP contribution in [-0.2, 0) is 6.54 Å². The van der Waals surface area contributed by atoms with Crippen molar-refractivity contribution in [1.82, 2.24) is 4.57 Å². The first-order chi connectivity index (χ1) is 14.7. The van der Waals surface area contributed by atoms with Gasteiger partial charge >= 0.3 is 0 Å². The van der Waals surface area contributed by atoms with E-state index < -0.39 is 23.0 Å². The number of ketones is 1. The Kier molecular flexibility index (Phi) is 6.21. The Morgan fingerprint density at radius 1 is 1.16 bits per heavy atom. The minimum atomic E-state index is -0.723. The predicted molar refractivity (Wildman–Crippen MR) is 113 cm³/mol. The SMILES string of the molecule is Cc1c(C(=O)c2ccc(OC(C)C)cc2)c(O)n(Cc2ccc(F)cc2)c(=O)c1C#N. The van der Waals surface area contributed by atoms with E-state index in [0.29, 0.717) is 11.3 Å². The van der Waals surface area contributed by atoms with E-state index in [1.807, 2.05) is 19.9 Å². The number of carbonyl (C=O) groups excluding carboxylic acids is 1. The number of benzene rings is 2. The fourth-order valence-corrected chi connectivity index (χ4v) is 3.24. The molecule has 0 unspecified atom stereocenters. The van der Waals surface area contributed by atoms with Crippen molar-refractivity contribution < 1.29 is 19.0 Å². The summed E-state index contributed by atoms with van der Waals surface area (Å²) < 4.78 is 19.7. The summed E-state index contributed by atoms with van der Waals surface area (Å²) in [5.74, 6) is -0.928. The quantitative estimate of drug-likeness (QED) is 0.610. The number of pyridine rings is 1. The Labute approximate surface area is 178 Å². The number of aromatic hydroxyl groups is 1. The van der Waals surface area contributed by atoms with E-state index in [1.54, 1.807) is 24.3 Å². The maximum absolute atomic E-state index is 13.2. The third-order valence-electron chi connectivity index (χ3n) is 4.77. The van der Waals surface area contributed by atoms with E-state index in [2.05, 4.69) is 0 Å². The van der Waals surface area contributed by atoms with Gasteiger partial charge in [-0.2, -0.15) is 5.26 Å². The van der Waals surface area contributed by atoms with Crippen molar-refractivity contribution in [3.05, 3.63) is 92.5 Å². The summed E-state index contributed by atoms with van der Waals surface area (Å²) in [6.07, 6.45) is -0.0268. The summed E-state index contributed by atoms with van der Waals surface area (Å²) >= 11 is 0. The molecule has 1 heterocycles. The van der Waals surface area contributed by atoms with E-state index >= 15 is 0 Å². The fraction of sp³-hybridized carbons (Fsp3) is 0.208. The van der Waals surface area contributed by atoms with Crippen molar-refractivity contribution in [2.75, 3.05) is 0 Å². The molecule has 1 N–H and O–H groups in total. The molecule has 0 aliphatic rings. The van der Waals surface area contributed by atoms with E-state index in [4.69, 9.17) is 4.74 Å².